The molecule has 1 aliphatic carbocycles. The van der Waals surface area contributed by atoms with Crippen molar-refractivity contribution in [2.45, 2.75) is 24.4 Å². The first kappa shape index (κ1) is 17.2. The van der Waals surface area contributed by atoms with Crippen LogP contribution in [0.3, 0.4) is 0 Å². The van der Waals surface area contributed by atoms with Crippen LogP contribution in [0.4, 0.5) is 0 Å². The van der Waals surface area contributed by atoms with Gasteiger partial charge in [0.05, 0.1) is 19.7 Å². The predicted octanol–water partition coefficient (Wildman–Crippen LogP) is -0.940. The van der Waals surface area contributed by atoms with Gasteiger partial charge in [-0.1, -0.05) is 0 Å². The van der Waals surface area contributed by atoms with Gasteiger partial charge < -0.3 is 9.90 Å². The maximum absolute atomic E-state index is 12.3. The second-order valence-electron chi connectivity index (χ2n) is 6.02. The van der Waals surface area contributed by atoms with E-state index in [2.05, 4.69) is 0 Å². The molecule has 1 N–H and O–H groups in total. The van der Waals surface area contributed by atoms with Crippen LogP contribution in [0.15, 0.2) is 12.2 Å². The lowest BCUT2D eigenvalue weighted by atomic mass is 9.61. The lowest BCUT2D eigenvalue weighted by Gasteiger charge is -2.47. The van der Waals surface area contributed by atoms with Crippen LogP contribution in [0.1, 0.15) is 13.3 Å². The van der Waals surface area contributed by atoms with Gasteiger partial charge in [0.25, 0.3) is 5.54 Å². The molecule has 0 aromatic heterocycles. The fraction of sp³-hybridized carbons (Fsp3) is 0.692. The maximum atomic E-state index is 12.3. The third-order valence-electron chi connectivity index (χ3n) is 4.64. The van der Waals surface area contributed by atoms with Crippen molar-refractivity contribution in [2.75, 3.05) is 26.2 Å². The summed E-state index contributed by atoms with van der Waals surface area (Å²) in [5.41, 5.74) is -4.15. The summed E-state index contributed by atoms with van der Waals surface area (Å²) in [4.78, 5) is 47.2. The summed E-state index contributed by atoms with van der Waals surface area (Å²) in [6.45, 7) is 0.246. The van der Waals surface area contributed by atoms with Crippen LogP contribution >= 0.6 is 0 Å². The first-order valence-electron chi connectivity index (χ1n) is 7.06. The molecule has 23 heavy (non-hydrogen) atoms. The summed E-state index contributed by atoms with van der Waals surface area (Å²) >= 11 is 0. The number of nitro groups is 2. The third kappa shape index (κ3) is 2.43. The molecule has 1 aliphatic heterocycles. The molecule has 1 saturated heterocycles. The summed E-state index contributed by atoms with van der Waals surface area (Å²) in [7, 11) is 0. The first-order valence-corrected chi connectivity index (χ1v) is 7.06. The van der Waals surface area contributed by atoms with Crippen molar-refractivity contribution in [1.82, 2.24) is 4.90 Å². The van der Waals surface area contributed by atoms with E-state index in [-0.39, 0.29) is 26.2 Å². The lowest BCUT2D eigenvalue weighted by Crippen LogP contribution is -2.75. The molecule has 0 spiro atoms. The highest BCUT2D eigenvalue weighted by Gasteiger charge is 2.73. The molecular formula is C13H17N3O7. The lowest BCUT2D eigenvalue weighted by molar-refractivity contribution is -0.623. The minimum Gasteiger partial charge on any atom is -0.395 e. The Balaban J connectivity index is 2.67. The van der Waals surface area contributed by atoms with E-state index >= 15 is 0 Å². The number of aliphatic hydroxyl groups excluding tert-OH is 1. The van der Waals surface area contributed by atoms with Crippen LogP contribution in [-0.4, -0.2) is 68.7 Å². The van der Waals surface area contributed by atoms with Crippen LogP contribution < -0.4 is 0 Å². The van der Waals surface area contributed by atoms with Crippen LogP contribution in [0.2, 0.25) is 0 Å². The summed E-state index contributed by atoms with van der Waals surface area (Å²) in [6.07, 6.45) is 1.53. The van der Waals surface area contributed by atoms with Crippen molar-refractivity contribution < 1.29 is 24.5 Å². The molecule has 0 amide bonds. The van der Waals surface area contributed by atoms with E-state index in [0.29, 0.717) is 0 Å². The molecule has 126 valence electrons. The highest BCUT2D eigenvalue weighted by atomic mass is 16.6. The zero-order valence-electron chi connectivity index (χ0n) is 12.5. The predicted molar refractivity (Wildman–Crippen MR) is 75.9 cm³/mol. The topological polar surface area (TPSA) is 144 Å². The van der Waals surface area contributed by atoms with Gasteiger partial charge in [-0.25, -0.2) is 0 Å². The number of β-amino-alcohol motifs (C(OH)–C–C–N with tert-alkyl or cyclic N) is 1. The van der Waals surface area contributed by atoms with Crippen molar-refractivity contribution in [3.8, 4) is 0 Å². The Morgan fingerprint density at radius 3 is 2.52 bits per heavy atom. The van der Waals surface area contributed by atoms with E-state index in [4.69, 9.17) is 5.11 Å². The molecule has 0 saturated carbocycles. The van der Waals surface area contributed by atoms with Gasteiger partial charge in [0, 0.05) is 22.8 Å². The average Bonchev–Trinajstić information content (AvgIpc) is 2.44. The fourth-order valence-electron chi connectivity index (χ4n) is 3.63. The number of carbonyl (C=O) groups excluding carboxylic acids is 2. The van der Waals surface area contributed by atoms with Gasteiger partial charge in [-0.3, -0.25) is 29.9 Å². The average molecular weight is 327 g/mol. The van der Waals surface area contributed by atoms with E-state index in [1.165, 1.54) is 11.8 Å². The Kier molecular flexibility index (Phi) is 4.31. The van der Waals surface area contributed by atoms with Crippen LogP contribution in [0, 0.1) is 26.1 Å². The zero-order chi connectivity index (χ0) is 17.4. The number of hydrogen-bond acceptors (Lipinski definition) is 8. The summed E-state index contributed by atoms with van der Waals surface area (Å²) < 4.78 is 0. The van der Waals surface area contributed by atoms with Gasteiger partial charge in [-0.05, 0) is 19.1 Å². The van der Waals surface area contributed by atoms with Gasteiger partial charge in [0.15, 0.2) is 0 Å². The minimum absolute atomic E-state index is 0.0287. The largest absolute Gasteiger partial charge is 0.395 e. The highest BCUT2D eigenvalue weighted by molar-refractivity contribution is 5.99. The van der Waals surface area contributed by atoms with Crippen molar-refractivity contribution >= 4 is 11.6 Å². The minimum atomic E-state index is -2.25. The van der Waals surface area contributed by atoms with E-state index in [1.807, 2.05) is 0 Å². The van der Waals surface area contributed by atoms with Gasteiger partial charge in [-0.15, -0.1) is 0 Å². The van der Waals surface area contributed by atoms with Crippen LogP contribution in [0.5, 0.6) is 0 Å². The standard InChI is InChI=1S/C13H17N3O7/c1-9(18)6-10-12(15(20)21)3-2-11(19)13(10,16(22)23)8-14(7-12)4-5-17/h2-3,10,17H,4-8H2,1H3/t10-,12+,13+/m0/s1. The molecule has 1 fully saturated rings. The van der Waals surface area contributed by atoms with Gasteiger partial charge >= 0.3 is 5.54 Å². The number of ketones is 2. The monoisotopic (exact) mass is 327 g/mol. The number of nitrogens with zero attached hydrogens (tertiary/aromatic N) is 3. The number of rotatable bonds is 6. The molecule has 10 nitrogen and oxygen atoms in total. The Morgan fingerprint density at radius 1 is 1.39 bits per heavy atom. The van der Waals surface area contributed by atoms with Crippen molar-refractivity contribution in [3.05, 3.63) is 32.4 Å². The summed E-state index contributed by atoms with van der Waals surface area (Å²) in [5.74, 6) is -2.66. The van der Waals surface area contributed by atoms with Crippen molar-refractivity contribution in [3.63, 3.8) is 0 Å². The molecule has 1 heterocycles. The molecule has 0 radical (unpaired) electrons. The number of carbonyl (C=O) groups is 2. The van der Waals surface area contributed by atoms with Gasteiger partial charge in [0.1, 0.15) is 11.7 Å². The second-order valence-corrected chi connectivity index (χ2v) is 6.02. The van der Waals surface area contributed by atoms with E-state index in [1.54, 1.807) is 0 Å². The molecule has 2 rings (SSSR count). The molecule has 2 aliphatic rings. The fourth-order valence-corrected chi connectivity index (χ4v) is 3.63. The normalized spacial score (nSPS) is 33.5. The Hall–Kier alpha value is -2.20. The Labute approximate surface area is 131 Å². The Bertz CT molecular complexity index is 604. The zero-order valence-corrected chi connectivity index (χ0v) is 12.5. The second kappa shape index (κ2) is 5.78. The summed E-state index contributed by atoms with van der Waals surface area (Å²) in [6, 6.07) is 0. The molecule has 0 aromatic carbocycles. The van der Waals surface area contributed by atoms with E-state index in [9.17, 15) is 29.8 Å². The Morgan fingerprint density at radius 2 is 2.04 bits per heavy atom. The quantitative estimate of drug-likeness (QED) is 0.486. The number of piperidine rings is 1. The highest BCUT2D eigenvalue weighted by Crippen LogP contribution is 2.45. The van der Waals surface area contributed by atoms with Gasteiger partial charge in [0.2, 0.25) is 5.78 Å². The first-order chi connectivity index (χ1) is 10.7. The number of aliphatic hydroxyl groups is 1. The van der Waals surface area contributed by atoms with Crippen molar-refractivity contribution in [1.29, 1.82) is 0 Å². The number of Topliss-reactive ketones (excluding diaryl/α,β-unsaturated/α-hetero) is 1. The molecular weight excluding hydrogens is 310 g/mol. The SMILES string of the molecule is CC(=O)C[C@@H]1[C@]2([N+](=O)[O-])CN(CCO)C[C@]1([N+](=O)[O-])C=CC2=O. The number of likely N-dealkylation sites (tertiary alicyclic amines) is 1. The third-order valence-corrected chi connectivity index (χ3v) is 4.64. The van der Waals surface area contributed by atoms with E-state index < -0.39 is 44.8 Å². The number of fused-ring (bicyclic) bond motifs is 2. The van der Waals surface area contributed by atoms with E-state index in [0.717, 1.165) is 12.2 Å². The van der Waals surface area contributed by atoms with Crippen LogP contribution in [-0.2, 0) is 9.59 Å². The molecule has 0 unspecified atom stereocenters. The maximum Gasteiger partial charge on any atom is 0.305 e. The van der Waals surface area contributed by atoms with Crippen molar-refractivity contribution in [2.24, 2.45) is 5.92 Å². The van der Waals surface area contributed by atoms with Gasteiger partial charge in [-0.2, -0.15) is 0 Å². The molecule has 2 bridgehead atoms. The summed E-state index contributed by atoms with van der Waals surface area (Å²) in [5, 5.41) is 32.5. The molecule has 0 aromatic rings. The molecule has 10 heteroatoms. The molecule has 3 atom stereocenters. The number of hydrogen-bond donors (Lipinski definition) is 1. The van der Waals surface area contributed by atoms with Crippen LogP contribution in [0.25, 0.3) is 0 Å². The smallest absolute Gasteiger partial charge is 0.305 e.